The second kappa shape index (κ2) is 4.05. The first-order valence-corrected chi connectivity index (χ1v) is 9.11. The van der Waals surface area contributed by atoms with E-state index in [0.717, 1.165) is 12.8 Å². The Morgan fingerprint density at radius 3 is 2.40 bits per heavy atom. The summed E-state index contributed by atoms with van der Waals surface area (Å²) in [5.41, 5.74) is -1.50. The summed E-state index contributed by atoms with van der Waals surface area (Å²) >= 11 is 14.2. The molecule has 20 heavy (non-hydrogen) atoms. The minimum absolute atomic E-state index is 0.0711. The maximum Gasteiger partial charge on any atom is 0.147 e. The van der Waals surface area contributed by atoms with Crippen molar-refractivity contribution < 1.29 is 9.84 Å². The molecule has 1 saturated carbocycles. The Kier molecular flexibility index (Phi) is 3.20. The van der Waals surface area contributed by atoms with Crippen LogP contribution in [0.5, 0.6) is 0 Å². The average Bonchev–Trinajstić information content (AvgIpc) is 2.37. The molecule has 1 heterocycles. The zero-order valence-corrected chi connectivity index (χ0v) is 16.1. The molecule has 2 aliphatic carbocycles. The first-order valence-electron chi connectivity index (χ1n) is 7.02. The molecule has 1 N–H and O–H groups in total. The number of aliphatic hydroxyl groups is 1. The average molecular weight is 429 g/mol. The standard InChI is InChI=1S/C15H21Br2ClO2/c1-11(2)14-7-9(16)12(3,18)8-10(14)20-15(11,17)6-5-13(14,4)19/h5-6,9-10,19H,7-8H2,1-4H3/t9-,10-,12-,13+,14?,15?/m0/s1. The highest BCUT2D eigenvalue weighted by atomic mass is 79.9. The molecule has 0 aromatic heterocycles. The molecule has 1 aliphatic heterocycles. The van der Waals surface area contributed by atoms with Gasteiger partial charge in [-0.2, -0.15) is 0 Å². The molecule has 2 nitrogen and oxygen atoms in total. The first kappa shape index (κ1) is 15.8. The SMILES string of the molecule is CC1(C)C2(Br)C=C[C@@](C)(O)C13C[C@H](Br)[C@@](C)(Cl)C[C@@H]3O2. The number of alkyl halides is 3. The molecule has 114 valence electrons. The normalized spacial score (nSPS) is 60.4. The fourth-order valence-corrected chi connectivity index (χ4v) is 6.21. The predicted octanol–water partition coefficient (Wildman–Crippen LogP) is 4.36. The second-order valence-corrected chi connectivity index (χ2v) is 10.6. The zero-order chi connectivity index (χ0) is 15.2. The van der Waals surface area contributed by atoms with Gasteiger partial charge >= 0.3 is 0 Å². The van der Waals surface area contributed by atoms with Crippen LogP contribution in [0.15, 0.2) is 12.2 Å². The van der Waals surface area contributed by atoms with E-state index in [1.807, 2.05) is 26.0 Å². The highest BCUT2D eigenvalue weighted by Gasteiger charge is 2.76. The van der Waals surface area contributed by atoms with E-state index in [0.29, 0.717) is 0 Å². The van der Waals surface area contributed by atoms with E-state index in [-0.39, 0.29) is 26.6 Å². The zero-order valence-electron chi connectivity index (χ0n) is 12.2. The van der Waals surface area contributed by atoms with Gasteiger partial charge in [0.15, 0.2) is 0 Å². The van der Waals surface area contributed by atoms with Crippen LogP contribution >= 0.6 is 43.5 Å². The van der Waals surface area contributed by atoms with Crippen LogP contribution in [-0.2, 0) is 4.74 Å². The Morgan fingerprint density at radius 2 is 1.80 bits per heavy atom. The van der Waals surface area contributed by atoms with Crippen molar-refractivity contribution in [2.24, 2.45) is 10.8 Å². The molecular weight excluding hydrogens is 407 g/mol. The van der Waals surface area contributed by atoms with Gasteiger partial charge in [0.1, 0.15) is 4.51 Å². The molecule has 0 aromatic rings. The maximum absolute atomic E-state index is 11.1. The highest BCUT2D eigenvalue weighted by molar-refractivity contribution is 9.10. The second-order valence-electron chi connectivity index (χ2n) is 7.48. The van der Waals surface area contributed by atoms with Crippen LogP contribution in [0, 0.1) is 10.8 Å². The molecule has 3 rings (SSSR count). The molecule has 0 aromatic carbocycles. The number of ether oxygens (including phenoxy) is 1. The lowest BCUT2D eigenvalue weighted by molar-refractivity contribution is -0.132. The minimum atomic E-state index is -0.908. The highest BCUT2D eigenvalue weighted by Crippen LogP contribution is 2.73. The van der Waals surface area contributed by atoms with Crippen LogP contribution < -0.4 is 0 Å². The molecule has 6 atom stereocenters. The fraction of sp³-hybridized carbons (Fsp3) is 0.867. The molecule has 3 aliphatic rings. The van der Waals surface area contributed by atoms with Crippen molar-refractivity contribution in [2.45, 2.75) is 66.5 Å². The minimum Gasteiger partial charge on any atom is -0.385 e. The summed E-state index contributed by atoms with van der Waals surface area (Å²) in [6.45, 7) is 8.30. The quantitative estimate of drug-likeness (QED) is 0.459. The predicted molar refractivity (Wildman–Crippen MR) is 88.7 cm³/mol. The summed E-state index contributed by atoms with van der Waals surface area (Å²) in [4.78, 5) is -0.216. The van der Waals surface area contributed by atoms with Crippen molar-refractivity contribution in [3.05, 3.63) is 12.2 Å². The van der Waals surface area contributed by atoms with Gasteiger partial charge in [0.25, 0.3) is 0 Å². The van der Waals surface area contributed by atoms with Gasteiger partial charge in [0, 0.05) is 15.7 Å². The van der Waals surface area contributed by atoms with Crippen LogP contribution in [-0.4, -0.2) is 31.0 Å². The van der Waals surface area contributed by atoms with Gasteiger partial charge in [0.2, 0.25) is 0 Å². The largest absolute Gasteiger partial charge is 0.385 e. The van der Waals surface area contributed by atoms with E-state index in [1.54, 1.807) is 0 Å². The molecule has 0 amide bonds. The fourth-order valence-electron chi connectivity index (χ4n) is 4.58. The van der Waals surface area contributed by atoms with E-state index in [9.17, 15) is 5.11 Å². The maximum atomic E-state index is 11.1. The lowest BCUT2D eigenvalue weighted by atomic mass is 9.47. The third-order valence-electron chi connectivity index (χ3n) is 6.10. The van der Waals surface area contributed by atoms with Gasteiger partial charge in [-0.1, -0.05) is 35.9 Å². The van der Waals surface area contributed by atoms with Gasteiger partial charge in [-0.15, -0.1) is 11.6 Å². The smallest absolute Gasteiger partial charge is 0.147 e. The number of hydrogen-bond donors (Lipinski definition) is 1. The van der Waals surface area contributed by atoms with Crippen molar-refractivity contribution in [2.75, 3.05) is 0 Å². The van der Waals surface area contributed by atoms with Crippen LogP contribution in [0.25, 0.3) is 0 Å². The van der Waals surface area contributed by atoms with Gasteiger partial charge in [-0.3, -0.25) is 0 Å². The van der Waals surface area contributed by atoms with E-state index < -0.39 is 10.1 Å². The third kappa shape index (κ3) is 1.58. The van der Waals surface area contributed by atoms with E-state index >= 15 is 0 Å². The Balaban J connectivity index is 2.21. The van der Waals surface area contributed by atoms with E-state index in [4.69, 9.17) is 16.3 Å². The van der Waals surface area contributed by atoms with Crippen molar-refractivity contribution >= 4 is 43.5 Å². The Labute approximate surface area is 142 Å². The van der Waals surface area contributed by atoms with Crippen LogP contribution in [0.3, 0.4) is 0 Å². The molecule has 5 heteroatoms. The van der Waals surface area contributed by atoms with Crippen LogP contribution in [0.4, 0.5) is 0 Å². The third-order valence-corrected chi connectivity index (χ3v) is 9.55. The topological polar surface area (TPSA) is 29.5 Å². The van der Waals surface area contributed by atoms with E-state index in [2.05, 4.69) is 45.7 Å². The lowest BCUT2D eigenvalue weighted by Crippen LogP contribution is -2.65. The number of hydrogen-bond acceptors (Lipinski definition) is 2. The summed E-state index contributed by atoms with van der Waals surface area (Å²) in [5.74, 6) is 0. The van der Waals surface area contributed by atoms with Gasteiger partial charge in [0.05, 0.1) is 16.6 Å². The summed E-state index contributed by atoms with van der Waals surface area (Å²) in [6.07, 6.45) is 5.29. The summed E-state index contributed by atoms with van der Waals surface area (Å²) < 4.78 is 5.84. The molecule has 2 fully saturated rings. The number of fused-ring (bicyclic) bond motifs is 1. The lowest BCUT2D eigenvalue weighted by Gasteiger charge is -2.59. The monoisotopic (exact) mass is 426 g/mol. The Bertz CT molecular complexity index is 488. The summed E-state index contributed by atoms with van der Waals surface area (Å²) in [6, 6.07) is 0. The molecule has 0 radical (unpaired) electrons. The molecule has 2 bridgehead atoms. The Morgan fingerprint density at radius 1 is 1.20 bits per heavy atom. The van der Waals surface area contributed by atoms with Crippen LogP contribution in [0.1, 0.15) is 40.5 Å². The molecule has 1 saturated heterocycles. The Hall–Kier alpha value is 0.910. The molecule has 1 spiro atoms. The summed E-state index contributed by atoms with van der Waals surface area (Å²) in [5, 5.41) is 11.1. The number of halogens is 3. The van der Waals surface area contributed by atoms with Gasteiger partial charge in [-0.05, 0) is 48.7 Å². The first-order chi connectivity index (χ1) is 8.90. The molecular formula is C15H21Br2ClO2. The van der Waals surface area contributed by atoms with Gasteiger partial charge < -0.3 is 9.84 Å². The number of rotatable bonds is 0. The van der Waals surface area contributed by atoms with Crippen molar-refractivity contribution in [3.63, 3.8) is 0 Å². The van der Waals surface area contributed by atoms with E-state index in [1.165, 1.54) is 0 Å². The summed E-state index contributed by atoms with van der Waals surface area (Å²) in [7, 11) is 0. The van der Waals surface area contributed by atoms with Crippen LogP contribution in [0.2, 0.25) is 0 Å². The van der Waals surface area contributed by atoms with Crippen molar-refractivity contribution in [3.8, 4) is 0 Å². The van der Waals surface area contributed by atoms with Gasteiger partial charge in [-0.25, -0.2) is 0 Å². The molecule has 2 unspecified atom stereocenters. The van der Waals surface area contributed by atoms with Crippen molar-refractivity contribution in [1.82, 2.24) is 0 Å². The van der Waals surface area contributed by atoms with Crippen molar-refractivity contribution in [1.29, 1.82) is 0 Å².